The minimum atomic E-state index is 0.685. The molecule has 2 N–H and O–H groups in total. The molecule has 3 heterocycles. The lowest BCUT2D eigenvalue weighted by molar-refractivity contribution is 0.185. The maximum atomic E-state index is 5.21. The maximum Gasteiger partial charge on any atom is 0.180 e. The van der Waals surface area contributed by atoms with Gasteiger partial charge in [0.15, 0.2) is 11.5 Å². The molecule has 144 valence electrons. The van der Waals surface area contributed by atoms with Crippen molar-refractivity contribution in [3.8, 4) is 11.3 Å². The van der Waals surface area contributed by atoms with Gasteiger partial charge in [0.25, 0.3) is 0 Å². The van der Waals surface area contributed by atoms with E-state index < -0.39 is 0 Å². The number of hydrogen-bond acceptors (Lipinski definition) is 6. The Morgan fingerprint density at radius 1 is 1.14 bits per heavy atom. The Morgan fingerprint density at radius 2 is 2.00 bits per heavy atom. The molecule has 0 aliphatic carbocycles. The van der Waals surface area contributed by atoms with E-state index in [1.165, 1.54) is 0 Å². The van der Waals surface area contributed by atoms with E-state index in [1.807, 2.05) is 72.5 Å². The van der Waals surface area contributed by atoms with Gasteiger partial charge in [-0.25, -0.2) is 9.97 Å². The van der Waals surface area contributed by atoms with Crippen molar-refractivity contribution in [2.45, 2.75) is 0 Å². The fourth-order valence-corrected chi connectivity index (χ4v) is 3.25. The number of aromatic amines is 1. The lowest BCUT2D eigenvalue weighted by Gasteiger charge is -2.16. The van der Waals surface area contributed by atoms with Crippen molar-refractivity contribution in [1.29, 1.82) is 0 Å². The van der Waals surface area contributed by atoms with E-state index in [-0.39, 0.29) is 0 Å². The second kappa shape index (κ2) is 6.92. The summed E-state index contributed by atoms with van der Waals surface area (Å²) < 4.78 is 1.97. The number of aromatic nitrogens is 5. The number of imidazole rings is 1. The predicted molar refractivity (Wildman–Crippen MR) is 113 cm³/mol. The largest absolute Gasteiger partial charge is 0.337 e. The van der Waals surface area contributed by atoms with E-state index in [0.717, 1.165) is 39.2 Å². The topological polar surface area (TPSA) is 83.4 Å². The van der Waals surface area contributed by atoms with Crippen LogP contribution in [0.5, 0.6) is 0 Å². The zero-order valence-corrected chi connectivity index (χ0v) is 16.0. The first kappa shape index (κ1) is 17.2. The molecular formula is C21H19N7O. The first-order valence-corrected chi connectivity index (χ1v) is 9.13. The molecule has 5 rings (SSSR count). The molecule has 2 aromatic carbocycles. The molecule has 0 unspecified atom stereocenters. The Labute approximate surface area is 166 Å². The van der Waals surface area contributed by atoms with Gasteiger partial charge in [0, 0.05) is 42.3 Å². The van der Waals surface area contributed by atoms with Crippen LogP contribution in [0.1, 0.15) is 0 Å². The van der Waals surface area contributed by atoms with Gasteiger partial charge in [-0.15, -0.1) is 0 Å². The summed E-state index contributed by atoms with van der Waals surface area (Å²) in [6.07, 6.45) is 7.46. The van der Waals surface area contributed by atoms with Gasteiger partial charge in [0.1, 0.15) is 0 Å². The van der Waals surface area contributed by atoms with Crippen molar-refractivity contribution in [3.63, 3.8) is 0 Å². The highest BCUT2D eigenvalue weighted by Gasteiger charge is 2.11. The summed E-state index contributed by atoms with van der Waals surface area (Å²) >= 11 is 0. The Hall–Kier alpha value is -3.91. The van der Waals surface area contributed by atoms with E-state index >= 15 is 0 Å². The second-order valence-electron chi connectivity index (χ2n) is 6.66. The van der Waals surface area contributed by atoms with Crippen LogP contribution in [0, 0.1) is 0 Å². The van der Waals surface area contributed by atoms with Crippen molar-refractivity contribution in [2.24, 2.45) is 0 Å². The van der Waals surface area contributed by atoms with Gasteiger partial charge in [0.2, 0.25) is 0 Å². The van der Waals surface area contributed by atoms with Gasteiger partial charge in [-0.2, -0.15) is 5.10 Å². The average Bonchev–Trinajstić information content (AvgIpc) is 3.42. The summed E-state index contributed by atoms with van der Waals surface area (Å²) in [6, 6.07) is 14.0. The summed E-state index contributed by atoms with van der Waals surface area (Å²) in [6.45, 7) is 0. The van der Waals surface area contributed by atoms with Crippen LogP contribution in [-0.2, 0) is 4.84 Å². The smallest absolute Gasteiger partial charge is 0.180 e. The van der Waals surface area contributed by atoms with Gasteiger partial charge in [-0.3, -0.25) is 15.0 Å². The normalized spacial score (nSPS) is 11.2. The molecule has 5 aromatic rings. The lowest BCUT2D eigenvalue weighted by atomic mass is 10.1. The van der Waals surface area contributed by atoms with Crippen LogP contribution >= 0.6 is 0 Å². The molecule has 0 radical (unpaired) electrons. The monoisotopic (exact) mass is 385 g/mol. The van der Waals surface area contributed by atoms with E-state index in [2.05, 4.69) is 20.5 Å². The van der Waals surface area contributed by atoms with Crippen molar-refractivity contribution < 1.29 is 4.84 Å². The van der Waals surface area contributed by atoms with Gasteiger partial charge < -0.3 is 9.72 Å². The third-order valence-electron chi connectivity index (χ3n) is 4.88. The highest BCUT2D eigenvalue weighted by Crippen LogP contribution is 2.27. The molecule has 0 saturated carbocycles. The maximum absolute atomic E-state index is 5.21. The van der Waals surface area contributed by atoms with Crippen molar-refractivity contribution in [2.75, 3.05) is 24.5 Å². The molecule has 3 aromatic heterocycles. The third kappa shape index (κ3) is 3.15. The molecule has 29 heavy (non-hydrogen) atoms. The van der Waals surface area contributed by atoms with Crippen LogP contribution in [0.15, 0.2) is 67.3 Å². The molecule has 0 amide bonds. The zero-order valence-electron chi connectivity index (χ0n) is 16.0. The fraction of sp³-hybridized carbons (Fsp3) is 0.0952. The standard InChI is InChI=1S/C21H19N7O/c1-27(29-2)17-7-5-16(6-8-17)24-20-21-22-9-10-28(21)13-19(25-20)14-3-4-15-12-23-26-18(15)11-14/h3-13H,1-2H3,(H,23,26)(H,24,25). The fourth-order valence-electron chi connectivity index (χ4n) is 3.25. The van der Waals surface area contributed by atoms with Crippen LogP contribution in [-0.4, -0.2) is 38.7 Å². The van der Waals surface area contributed by atoms with Crippen LogP contribution < -0.4 is 10.4 Å². The number of hydrogen-bond donors (Lipinski definition) is 2. The predicted octanol–water partition coefficient (Wildman–Crippen LogP) is 4.01. The van der Waals surface area contributed by atoms with Crippen molar-refractivity contribution in [3.05, 3.63) is 67.3 Å². The number of rotatable bonds is 5. The quantitative estimate of drug-likeness (QED) is 0.445. The van der Waals surface area contributed by atoms with Gasteiger partial charge in [-0.05, 0) is 30.3 Å². The van der Waals surface area contributed by atoms with Crippen LogP contribution in [0.3, 0.4) is 0 Å². The number of fused-ring (bicyclic) bond motifs is 2. The SMILES string of the molecule is CON(C)c1ccc(Nc2nc(-c3ccc4cn[nH]c4c3)cn3ccnc23)cc1. The highest BCUT2D eigenvalue weighted by molar-refractivity contribution is 5.84. The molecule has 0 aliphatic rings. The molecule has 0 fully saturated rings. The summed E-state index contributed by atoms with van der Waals surface area (Å²) in [7, 11) is 3.50. The number of nitrogens with one attached hydrogen (secondary N) is 2. The second-order valence-corrected chi connectivity index (χ2v) is 6.66. The Balaban J connectivity index is 1.54. The number of anilines is 3. The molecule has 0 aliphatic heterocycles. The zero-order chi connectivity index (χ0) is 19.8. The first-order chi connectivity index (χ1) is 14.2. The van der Waals surface area contributed by atoms with E-state index in [0.29, 0.717) is 5.82 Å². The minimum Gasteiger partial charge on any atom is -0.337 e. The number of hydroxylamine groups is 1. The number of H-pyrrole nitrogens is 1. The summed E-state index contributed by atoms with van der Waals surface area (Å²) in [4.78, 5) is 14.5. The van der Waals surface area contributed by atoms with Crippen molar-refractivity contribution >= 4 is 33.7 Å². The van der Waals surface area contributed by atoms with E-state index in [4.69, 9.17) is 9.82 Å². The lowest BCUT2D eigenvalue weighted by Crippen LogP contribution is -2.14. The van der Waals surface area contributed by atoms with Crippen LogP contribution in [0.2, 0.25) is 0 Å². The van der Waals surface area contributed by atoms with Gasteiger partial charge in [-0.1, -0.05) is 12.1 Å². The number of nitrogens with zero attached hydrogens (tertiary/aromatic N) is 5. The third-order valence-corrected chi connectivity index (χ3v) is 4.88. The summed E-state index contributed by atoms with van der Waals surface area (Å²) in [5, 5.41) is 13.2. The Morgan fingerprint density at radius 3 is 2.83 bits per heavy atom. The molecule has 0 spiro atoms. The number of benzene rings is 2. The first-order valence-electron chi connectivity index (χ1n) is 9.13. The summed E-state index contributed by atoms with van der Waals surface area (Å²) in [5.74, 6) is 0.685. The average molecular weight is 385 g/mol. The van der Waals surface area contributed by atoms with Gasteiger partial charge in [0.05, 0.1) is 30.2 Å². The Kier molecular flexibility index (Phi) is 4.10. The van der Waals surface area contributed by atoms with E-state index in [9.17, 15) is 0 Å². The van der Waals surface area contributed by atoms with Crippen LogP contribution in [0.4, 0.5) is 17.2 Å². The Bertz CT molecular complexity index is 1290. The summed E-state index contributed by atoms with van der Waals surface area (Å²) in [5.41, 5.74) is 5.44. The van der Waals surface area contributed by atoms with Gasteiger partial charge >= 0.3 is 0 Å². The van der Waals surface area contributed by atoms with Crippen molar-refractivity contribution in [1.82, 2.24) is 24.6 Å². The molecule has 0 atom stereocenters. The molecule has 8 heteroatoms. The highest BCUT2D eigenvalue weighted by atomic mass is 16.7. The molecule has 0 bridgehead atoms. The molecule has 0 saturated heterocycles. The molecular weight excluding hydrogens is 366 g/mol. The van der Waals surface area contributed by atoms with E-state index in [1.54, 1.807) is 18.4 Å². The van der Waals surface area contributed by atoms with Crippen LogP contribution in [0.25, 0.3) is 27.8 Å². The minimum absolute atomic E-state index is 0.685. The molecule has 8 nitrogen and oxygen atoms in total.